The van der Waals surface area contributed by atoms with Gasteiger partial charge in [0.1, 0.15) is 0 Å². The van der Waals surface area contributed by atoms with Crippen molar-refractivity contribution in [3.05, 3.63) is 64.5 Å². The molecule has 0 bridgehead atoms. The molecule has 1 aromatic carbocycles. The number of pyridine rings is 1. The van der Waals surface area contributed by atoms with E-state index in [1.165, 1.54) is 17.0 Å². The summed E-state index contributed by atoms with van der Waals surface area (Å²) in [7, 11) is 0. The Morgan fingerprint density at radius 1 is 1.11 bits per heavy atom. The molecule has 0 saturated heterocycles. The van der Waals surface area contributed by atoms with E-state index >= 15 is 0 Å². The fraction of sp³-hybridized carbons (Fsp3) is 0.0833. The minimum atomic E-state index is -4.61. The molecule has 0 spiro atoms. The summed E-state index contributed by atoms with van der Waals surface area (Å²) in [5.41, 5.74) is -1.55. The highest BCUT2D eigenvalue weighted by Gasteiger charge is 2.34. The number of alkyl halides is 3. The van der Waals surface area contributed by atoms with E-state index in [-0.39, 0.29) is 5.69 Å². The zero-order chi connectivity index (χ0) is 14.0. The average Bonchev–Trinajstić information content (AvgIpc) is 2.38. The molecule has 0 unspecified atom stereocenters. The van der Waals surface area contributed by atoms with Gasteiger partial charge >= 0.3 is 11.9 Å². The molecule has 98 valence electrons. The molecule has 2 aromatic rings. The van der Waals surface area contributed by atoms with Crippen molar-refractivity contribution in [2.75, 3.05) is 0 Å². The third-order valence-electron chi connectivity index (χ3n) is 2.49. The van der Waals surface area contributed by atoms with Gasteiger partial charge in [-0.15, -0.1) is 0 Å². The number of halogens is 3. The van der Waals surface area contributed by atoms with Crippen LogP contribution in [0.25, 0.3) is 5.69 Å². The molecule has 0 N–H and O–H groups in total. The topological polar surface area (TPSA) is 47.0 Å². The Labute approximate surface area is 105 Å². The van der Waals surface area contributed by atoms with E-state index in [1.54, 1.807) is 18.2 Å². The molecule has 0 radical (unpaired) electrons. The van der Waals surface area contributed by atoms with E-state index in [9.17, 15) is 23.3 Å². The molecule has 7 heteroatoms. The highest BCUT2D eigenvalue weighted by atomic mass is 19.4. The predicted octanol–water partition coefficient (Wildman–Crippen LogP) is 2.89. The van der Waals surface area contributed by atoms with Crippen LogP contribution >= 0.6 is 0 Å². The van der Waals surface area contributed by atoms with Crippen LogP contribution in [0.4, 0.5) is 18.9 Å². The normalized spacial score (nSPS) is 11.3. The van der Waals surface area contributed by atoms with Crippen molar-refractivity contribution in [1.29, 1.82) is 0 Å². The monoisotopic (exact) mass is 269 g/mol. The molecule has 0 aliphatic heterocycles. The van der Waals surface area contributed by atoms with Crippen LogP contribution in [0, 0.1) is 10.1 Å². The molecule has 0 fully saturated rings. The van der Waals surface area contributed by atoms with Gasteiger partial charge in [0.25, 0.3) is 5.69 Å². The molecule has 0 saturated carbocycles. The van der Waals surface area contributed by atoms with Gasteiger partial charge in [-0.2, -0.15) is 17.7 Å². The van der Waals surface area contributed by atoms with Crippen molar-refractivity contribution in [3.63, 3.8) is 0 Å². The van der Waals surface area contributed by atoms with Crippen molar-refractivity contribution in [3.8, 4) is 5.69 Å². The van der Waals surface area contributed by atoms with Crippen LogP contribution in [0.1, 0.15) is 5.56 Å². The standard InChI is InChI=1S/C12H8F3N2O2/c13-12(14,15)9-4-5-10(11(8-9)17(18)19)16-6-2-1-3-7-16/h1-8H/q+1. The van der Waals surface area contributed by atoms with Crippen molar-refractivity contribution in [1.82, 2.24) is 0 Å². The minimum Gasteiger partial charge on any atom is -0.258 e. The van der Waals surface area contributed by atoms with E-state index in [1.807, 2.05) is 0 Å². The lowest BCUT2D eigenvalue weighted by atomic mass is 10.1. The van der Waals surface area contributed by atoms with E-state index in [0.29, 0.717) is 6.07 Å². The number of nitro groups is 1. The van der Waals surface area contributed by atoms with Gasteiger partial charge in [0.2, 0.25) is 0 Å². The maximum absolute atomic E-state index is 12.5. The summed E-state index contributed by atoms with van der Waals surface area (Å²) in [5.74, 6) is 0. The molecule has 4 nitrogen and oxygen atoms in total. The summed E-state index contributed by atoms with van der Waals surface area (Å²) < 4.78 is 39.0. The third-order valence-corrected chi connectivity index (χ3v) is 2.49. The molecular formula is C12H8F3N2O2+. The fourth-order valence-corrected chi connectivity index (χ4v) is 1.62. The second kappa shape index (κ2) is 4.68. The summed E-state index contributed by atoms with van der Waals surface area (Å²) in [4.78, 5) is 10.1. The van der Waals surface area contributed by atoms with Gasteiger partial charge in [0.15, 0.2) is 12.4 Å². The molecule has 19 heavy (non-hydrogen) atoms. The van der Waals surface area contributed by atoms with Crippen molar-refractivity contribution in [2.24, 2.45) is 0 Å². The van der Waals surface area contributed by atoms with Gasteiger partial charge < -0.3 is 0 Å². The molecule has 1 aromatic heterocycles. The van der Waals surface area contributed by atoms with Crippen LogP contribution < -0.4 is 4.57 Å². The van der Waals surface area contributed by atoms with Gasteiger partial charge in [0.05, 0.1) is 10.5 Å². The van der Waals surface area contributed by atoms with Crippen LogP contribution in [0.2, 0.25) is 0 Å². The van der Waals surface area contributed by atoms with Crippen LogP contribution in [-0.2, 0) is 6.18 Å². The first-order valence-corrected chi connectivity index (χ1v) is 5.22. The average molecular weight is 269 g/mol. The molecule has 0 amide bonds. The van der Waals surface area contributed by atoms with Crippen molar-refractivity contribution >= 4 is 5.69 Å². The molecule has 0 aliphatic rings. The number of aromatic nitrogens is 1. The summed E-state index contributed by atoms with van der Waals surface area (Å²) in [5, 5.41) is 10.9. The van der Waals surface area contributed by atoms with E-state index in [4.69, 9.17) is 0 Å². The lowest BCUT2D eigenvalue weighted by Crippen LogP contribution is -2.30. The minimum absolute atomic E-state index is 0.0820. The van der Waals surface area contributed by atoms with Gasteiger partial charge in [-0.1, -0.05) is 6.07 Å². The van der Waals surface area contributed by atoms with Crippen LogP contribution in [-0.4, -0.2) is 4.92 Å². The van der Waals surface area contributed by atoms with Gasteiger partial charge in [-0.3, -0.25) is 10.1 Å². The summed E-state index contributed by atoms with van der Waals surface area (Å²) >= 11 is 0. The van der Waals surface area contributed by atoms with Gasteiger partial charge in [-0.25, -0.2) is 0 Å². The summed E-state index contributed by atoms with van der Waals surface area (Å²) in [6, 6.07) is 7.40. The van der Waals surface area contributed by atoms with Crippen molar-refractivity contribution < 1.29 is 22.7 Å². The van der Waals surface area contributed by atoms with Crippen molar-refractivity contribution in [2.45, 2.75) is 6.18 Å². The fourth-order valence-electron chi connectivity index (χ4n) is 1.62. The van der Waals surface area contributed by atoms with Crippen LogP contribution in [0.15, 0.2) is 48.8 Å². The van der Waals surface area contributed by atoms with Crippen LogP contribution in [0.3, 0.4) is 0 Å². The first kappa shape index (κ1) is 13.0. The largest absolute Gasteiger partial charge is 0.416 e. The smallest absolute Gasteiger partial charge is 0.258 e. The van der Waals surface area contributed by atoms with E-state index in [2.05, 4.69) is 0 Å². The first-order chi connectivity index (χ1) is 8.89. The maximum atomic E-state index is 12.5. The Morgan fingerprint density at radius 3 is 2.26 bits per heavy atom. The number of nitrogens with zero attached hydrogens (tertiary/aromatic N) is 2. The number of hydrogen-bond donors (Lipinski definition) is 0. The molecule has 0 aliphatic carbocycles. The second-order valence-corrected chi connectivity index (χ2v) is 3.74. The zero-order valence-corrected chi connectivity index (χ0v) is 9.46. The number of hydrogen-bond acceptors (Lipinski definition) is 2. The highest BCUT2D eigenvalue weighted by molar-refractivity contribution is 5.49. The van der Waals surface area contributed by atoms with Gasteiger partial charge in [-0.05, 0) is 6.07 Å². The van der Waals surface area contributed by atoms with E-state index in [0.717, 1.165) is 12.1 Å². The quantitative estimate of drug-likeness (QED) is 0.478. The molecular weight excluding hydrogens is 261 g/mol. The van der Waals surface area contributed by atoms with E-state index < -0.39 is 22.4 Å². The Hall–Kier alpha value is -2.44. The maximum Gasteiger partial charge on any atom is 0.416 e. The van der Waals surface area contributed by atoms with Gasteiger partial charge in [0, 0.05) is 24.3 Å². The predicted molar refractivity (Wildman–Crippen MR) is 59.6 cm³/mol. The zero-order valence-electron chi connectivity index (χ0n) is 9.46. The number of benzene rings is 1. The SMILES string of the molecule is O=[N+]([O-])c1cc(C(F)(F)F)ccc1-[n+]1ccccc1. The second-order valence-electron chi connectivity index (χ2n) is 3.74. The summed E-state index contributed by atoms with van der Waals surface area (Å²) in [6.45, 7) is 0. The number of nitro benzene ring substituents is 1. The Morgan fingerprint density at radius 2 is 1.74 bits per heavy atom. The molecule has 1 heterocycles. The summed E-state index contributed by atoms with van der Waals surface area (Å²) in [6.07, 6.45) is -1.56. The van der Waals surface area contributed by atoms with Crippen LogP contribution in [0.5, 0.6) is 0 Å². The molecule has 2 rings (SSSR count). The Balaban J connectivity index is 2.61. The first-order valence-electron chi connectivity index (χ1n) is 5.22. The lowest BCUT2D eigenvalue weighted by Gasteiger charge is -2.06. The Kier molecular flexibility index (Phi) is 3.20. The third kappa shape index (κ3) is 2.70. The number of rotatable bonds is 2. The lowest BCUT2D eigenvalue weighted by molar-refractivity contribution is -0.600. The Bertz CT molecular complexity index is 612. The molecule has 0 atom stereocenters. The highest BCUT2D eigenvalue weighted by Crippen LogP contribution is 2.32.